The number of hydrogen-bond donors (Lipinski definition) is 0. The van der Waals surface area contributed by atoms with E-state index in [-0.39, 0.29) is 18.3 Å². The van der Waals surface area contributed by atoms with Crippen LogP contribution in [0.3, 0.4) is 0 Å². The zero-order chi connectivity index (χ0) is 12.8. The molecule has 0 aromatic carbocycles. The van der Waals surface area contributed by atoms with Gasteiger partial charge in [0.25, 0.3) is 0 Å². The number of nitrogens with zero attached hydrogens (tertiary/aromatic N) is 1. The summed E-state index contributed by atoms with van der Waals surface area (Å²) in [6, 6.07) is 7.96. The summed E-state index contributed by atoms with van der Waals surface area (Å²) in [4.78, 5) is 10.8. The summed E-state index contributed by atoms with van der Waals surface area (Å²) in [5.41, 5.74) is 0. The lowest BCUT2D eigenvalue weighted by atomic mass is 10.1. The number of halogens is 1. The molecular weight excluding hydrogens is 238 g/mol. The van der Waals surface area contributed by atoms with E-state index in [2.05, 4.69) is 10.8 Å². The van der Waals surface area contributed by atoms with Crippen LogP contribution >= 0.6 is 11.6 Å². The molecule has 0 saturated carbocycles. The summed E-state index contributed by atoms with van der Waals surface area (Å²) in [7, 11) is 0. The maximum absolute atomic E-state index is 10.8. The van der Waals surface area contributed by atoms with Crippen molar-refractivity contribution in [1.82, 2.24) is 0 Å². The predicted octanol–water partition coefficient (Wildman–Crippen LogP) is 3.04. The van der Waals surface area contributed by atoms with Crippen LogP contribution in [0.25, 0.3) is 0 Å². The monoisotopic (exact) mass is 251 g/mol. The topological polar surface area (TPSA) is 50.1 Å². The zero-order valence-corrected chi connectivity index (χ0v) is 10.6. The van der Waals surface area contributed by atoms with Gasteiger partial charge in [-0.05, 0) is 18.2 Å². The standard InChI is InChI=1S/C7H11NO2.C6H3Cl/c1-3-10-7(9)6(2)4-5-8;7-6-3-4-1-2-5(4)6/h6H,3-4H2,1-2H3;1-3H. The summed E-state index contributed by atoms with van der Waals surface area (Å²) < 4.78 is 4.67. The van der Waals surface area contributed by atoms with Crippen LogP contribution in [0, 0.1) is 27.7 Å². The minimum absolute atomic E-state index is 0.235. The number of rotatable bonds is 3. The fourth-order valence-electron chi connectivity index (χ4n) is 1.25. The van der Waals surface area contributed by atoms with Crippen LogP contribution in [-0.2, 0) is 9.53 Å². The SMILES string of the molecule is CCOC(=O)C(C)CC#N.Clc1cc2ccc1=2. The Labute approximate surface area is 105 Å². The molecule has 0 bridgehead atoms. The second-order valence-electron chi connectivity index (χ2n) is 3.71. The van der Waals surface area contributed by atoms with Gasteiger partial charge in [0.05, 0.1) is 18.6 Å². The maximum Gasteiger partial charge on any atom is 0.309 e. The first-order chi connectivity index (χ1) is 8.10. The molecule has 0 saturated heterocycles. The highest BCUT2D eigenvalue weighted by molar-refractivity contribution is 6.31. The Balaban J connectivity index is 0.000000177. The Morgan fingerprint density at radius 1 is 1.59 bits per heavy atom. The molecule has 0 heterocycles. The van der Waals surface area contributed by atoms with Crippen LogP contribution in [0.5, 0.6) is 0 Å². The molecule has 0 aromatic rings. The third-order valence-electron chi connectivity index (χ3n) is 2.37. The van der Waals surface area contributed by atoms with Gasteiger partial charge in [-0.3, -0.25) is 4.79 Å². The van der Waals surface area contributed by atoms with Crippen molar-refractivity contribution < 1.29 is 9.53 Å². The van der Waals surface area contributed by atoms with Gasteiger partial charge in [0, 0.05) is 16.7 Å². The van der Waals surface area contributed by atoms with Gasteiger partial charge in [0.2, 0.25) is 0 Å². The lowest BCUT2D eigenvalue weighted by Gasteiger charge is -2.04. The Morgan fingerprint density at radius 2 is 2.29 bits per heavy atom. The molecule has 3 nitrogen and oxygen atoms in total. The van der Waals surface area contributed by atoms with Crippen molar-refractivity contribution in [2.24, 2.45) is 5.92 Å². The van der Waals surface area contributed by atoms with Gasteiger partial charge in [-0.1, -0.05) is 30.7 Å². The average molecular weight is 252 g/mol. The van der Waals surface area contributed by atoms with Gasteiger partial charge >= 0.3 is 5.97 Å². The first-order valence-electron chi connectivity index (χ1n) is 5.43. The smallest absolute Gasteiger partial charge is 0.309 e. The van der Waals surface area contributed by atoms with Crippen molar-refractivity contribution in [3.8, 4) is 6.07 Å². The summed E-state index contributed by atoms with van der Waals surface area (Å²) in [6.45, 7) is 3.81. The highest BCUT2D eigenvalue weighted by atomic mass is 35.5. The van der Waals surface area contributed by atoms with Crippen molar-refractivity contribution in [3.05, 3.63) is 33.7 Å². The molecule has 4 heteroatoms. The third kappa shape index (κ3) is 3.47. The molecule has 1 unspecified atom stereocenters. The molecule has 0 aromatic heterocycles. The molecular formula is C13H14ClNO2. The van der Waals surface area contributed by atoms with E-state index in [1.165, 1.54) is 10.4 Å². The molecule has 2 aliphatic carbocycles. The van der Waals surface area contributed by atoms with Crippen LogP contribution in [0.15, 0.2) is 18.2 Å². The van der Waals surface area contributed by atoms with Crippen LogP contribution in [-0.4, -0.2) is 12.6 Å². The lowest BCUT2D eigenvalue weighted by molar-refractivity contribution is -0.147. The second kappa shape index (κ2) is 6.27. The molecule has 0 amide bonds. The lowest BCUT2D eigenvalue weighted by Crippen LogP contribution is -2.13. The van der Waals surface area contributed by atoms with E-state index in [0.29, 0.717) is 6.61 Å². The van der Waals surface area contributed by atoms with E-state index in [9.17, 15) is 4.79 Å². The molecule has 17 heavy (non-hydrogen) atoms. The Kier molecular flexibility index (Phi) is 4.99. The Bertz CT molecular complexity index is 533. The number of carbonyl (C=O) groups is 1. The minimum atomic E-state index is -0.288. The van der Waals surface area contributed by atoms with E-state index in [0.717, 1.165) is 5.02 Å². The van der Waals surface area contributed by atoms with E-state index >= 15 is 0 Å². The first-order valence-corrected chi connectivity index (χ1v) is 5.81. The number of benzene rings is 1. The van der Waals surface area contributed by atoms with Crippen LogP contribution in [0.1, 0.15) is 20.3 Å². The fourth-order valence-corrected chi connectivity index (χ4v) is 1.54. The van der Waals surface area contributed by atoms with Crippen molar-refractivity contribution in [1.29, 1.82) is 5.26 Å². The van der Waals surface area contributed by atoms with Crippen LogP contribution in [0.2, 0.25) is 5.02 Å². The zero-order valence-electron chi connectivity index (χ0n) is 9.87. The molecule has 0 fully saturated rings. The number of nitriles is 1. The van der Waals surface area contributed by atoms with E-state index in [4.69, 9.17) is 16.9 Å². The van der Waals surface area contributed by atoms with Gasteiger partial charge in [-0.2, -0.15) is 5.26 Å². The van der Waals surface area contributed by atoms with Crippen molar-refractivity contribution >= 4 is 17.6 Å². The summed E-state index contributed by atoms with van der Waals surface area (Å²) in [5.74, 6) is -0.575. The van der Waals surface area contributed by atoms with Crippen molar-refractivity contribution in [2.45, 2.75) is 20.3 Å². The molecule has 90 valence electrons. The summed E-state index contributed by atoms with van der Waals surface area (Å²) >= 11 is 5.60. The normalized spacial score (nSPS) is 11.6. The average Bonchev–Trinajstić information content (AvgIpc) is 2.27. The molecule has 2 aliphatic rings. The van der Waals surface area contributed by atoms with Crippen molar-refractivity contribution in [3.63, 3.8) is 0 Å². The summed E-state index contributed by atoms with van der Waals surface area (Å²) in [6.07, 6.45) is 0.235. The van der Waals surface area contributed by atoms with E-state index in [1.807, 2.05) is 18.2 Å². The predicted molar refractivity (Wildman–Crippen MR) is 65.2 cm³/mol. The number of esters is 1. The molecule has 2 rings (SSSR count). The van der Waals surface area contributed by atoms with Crippen molar-refractivity contribution in [2.75, 3.05) is 6.61 Å². The highest BCUT2D eigenvalue weighted by Crippen LogP contribution is 2.20. The van der Waals surface area contributed by atoms with Crippen LogP contribution in [0.4, 0.5) is 0 Å². The van der Waals surface area contributed by atoms with Crippen LogP contribution < -0.4 is 0 Å². The van der Waals surface area contributed by atoms with Gasteiger partial charge in [-0.15, -0.1) is 0 Å². The van der Waals surface area contributed by atoms with Gasteiger partial charge in [0.15, 0.2) is 0 Å². The Morgan fingerprint density at radius 3 is 2.53 bits per heavy atom. The number of carbonyl (C=O) groups excluding carboxylic acids is 1. The molecule has 1 atom stereocenters. The molecule has 0 radical (unpaired) electrons. The summed E-state index contributed by atoms with van der Waals surface area (Å²) in [5, 5.41) is 11.7. The number of hydrogen-bond acceptors (Lipinski definition) is 3. The first kappa shape index (κ1) is 13.5. The highest BCUT2D eigenvalue weighted by Gasteiger charge is 2.12. The number of ether oxygens (including phenoxy) is 1. The Hall–Kier alpha value is -1.53. The van der Waals surface area contributed by atoms with Gasteiger partial charge in [-0.25, -0.2) is 0 Å². The van der Waals surface area contributed by atoms with E-state index in [1.54, 1.807) is 13.8 Å². The largest absolute Gasteiger partial charge is 0.466 e. The molecule has 0 aliphatic heterocycles. The van der Waals surface area contributed by atoms with Gasteiger partial charge in [0.1, 0.15) is 0 Å². The molecule has 0 spiro atoms. The van der Waals surface area contributed by atoms with Gasteiger partial charge < -0.3 is 4.74 Å². The molecule has 0 N–H and O–H groups in total. The fraction of sp³-hybridized carbons (Fsp3) is 0.385. The maximum atomic E-state index is 10.8. The minimum Gasteiger partial charge on any atom is -0.466 e. The second-order valence-corrected chi connectivity index (χ2v) is 4.12. The quantitative estimate of drug-likeness (QED) is 0.788. The third-order valence-corrected chi connectivity index (χ3v) is 2.68. The van der Waals surface area contributed by atoms with E-state index < -0.39 is 0 Å².